The monoisotopic (exact) mass is 447 g/mol. The number of pyridine rings is 2. The molecular formula is C23H17N3O7. The molecule has 166 valence electrons. The first-order valence-corrected chi connectivity index (χ1v) is 9.82. The van der Waals surface area contributed by atoms with E-state index in [1.165, 1.54) is 48.9 Å². The third-order valence-corrected chi connectivity index (χ3v) is 4.53. The normalized spacial score (nSPS) is 10.6. The summed E-state index contributed by atoms with van der Waals surface area (Å²) >= 11 is 0. The Morgan fingerprint density at radius 1 is 1.15 bits per heavy atom. The van der Waals surface area contributed by atoms with Gasteiger partial charge in [-0.15, -0.1) is 0 Å². The Kier molecular flexibility index (Phi) is 5.98. The predicted octanol–water partition coefficient (Wildman–Crippen LogP) is 3.33. The third-order valence-electron chi connectivity index (χ3n) is 4.53. The molecule has 0 aliphatic heterocycles. The fourth-order valence-corrected chi connectivity index (χ4v) is 3.06. The molecule has 4 aromatic rings. The zero-order valence-electron chi connectivity index (χ0n) is 17.3. The van der Waals surface area contributed by atoms with Gasteiger partial charge in [-0.25, -0.2) is 9.59 Å². The van der Waals surface area contributed by atoms with Gasteiger partial charge in [0.25, 0.3) is 5.56 Å². The van der Waals surface area contributed by atoms with Crippen molar-refractivity contribution in [2.24, 2.45) is 0 Å². The quantitative estimate of drug-likeness (QED) is 0.351. The molecule has 0 fully saturated rings. The first-order valence-electron chi connectivity index (χ1n) is 9.82. The lowest BCUT2D eigenvalue weighted by Gasteiger charge is -2.13. The van der Waals surface area contributed by atoms with Crippen molar-refractivity contribution in [2.45, 2.75) is 6.92 Å². The molecule has 0 aliphatic carbocycles. The van der Waals surface area contributed by atoms with Crippen LogP contribution in [-0.4, -0.2) is 28.6 Å². The van der Waals surface area contributed by atoms with Crippen LogP contribution in [0.3, 0.4) is 0 Å². The van der Waals surface area contributed by atoms with Crippen LogP contribution in [0.5, 0.6) is 5.75 Å². The summed E-state index contributed by atoms with van der Waals surface area (Å²) < 4.78 is 16.0. The lowest BCUT2D eigenvalue weighted by atomic mass is 10.1. The number of amides is 1. The molecule has 4 rings (SSSR count). The number of hydrogen-bond acceptors (Lipinski definition) is 8. The van der Waals surface area contributed by atoms with E-state index < -0.39 is 23.1 Å². The van der Waals surface area contributed by atoms with Gasteiger partial charge in [0, 0.05) is 36.3 Å². The average molecular weight is 447 g/mol. The maximum Gasteiger partial charge on any atom is 0.411 e. The van der Waals surface area contributed by atoms with E-state index in [4.69, 9.17) is 13.9 Å². The number of nitrogens with zero attached hydrogens (tertiary/aromatic N) is 1. The van der Waals surface area contributed by atoms with Crippen LogP contribution in [0.2, 0.25) is 0 Å². The maximum atomic E-state index is 12.5. The van der Waals surface area contributed by atoms with Gasteiger partial charge in [-0.3, -0.25) is 19.9 Å². The number of carbonyl (C=O) groups is 2. The molecule has 0 unspecified atom stereocenters. The molecule has 0 atom stereocenters. The minimum atomic E-state index is -0.768. The van der Waals surface area contributed by atoms with Crippen LogP contribution in [0.1, 0.15) is 17.3 Å². The van der Waals surface area contributed by atoms with E-state index in [1.807, 2.05) is 0 Å². The van der Waals surface area contributed by atoms with Gasteiger partial charge in [-0.05, 0) is 37.3 Å². The number of fused-ring (bicyclic) bond motifs is 1. The van der Waals surface area contributed by atoms with Crippen molar-refractivity contribution in [3.8, 4) is 17.1 Å². The minimum Gasteiger partial charge on any atom is -0.450 e. The Balaban J connectivity index is 1.77. The number of nitrogens with one attached hydrogen (secondary N) is 2. The molecule has 0 saturated heterocycles. The second kappa shape index (κ2) is 9.18. The number of esters is 1. The van der Waals surface area contributed by atoms with Crippen molar-refractivity contribution >= 4 is 28.7 Å². The topological polar surface area (TPSA) is 141 Å². The highest BCUT2D eigenvalue weighted by molar-refractivity contribution is 5.93. The van der Waals surface area contributed by atoms with Crippen molar-refractivity contribution in [1.82, 2.24) is 9.97 Å². The van der Waals surface area contributed by atoms with E-state index in [2.05, 4.69) is 15.3 Å². The van der Waals surface area contributed by atoms with Gasteiger partial charge in [0.15, 0.2) is 5.43 Å². The molecule has 10 heteroatoms. The summed E-state index contributed by atoms with van der Waals surface area (Å²) in [5.74, 6) is -0.511. The Morgan fingerprint density at radius 2 is 2.00 bits per heavy atom. The number of ether oxygens (including phenoxy) is 2. The average Bonchev–Trinajstić information content (AvgIpc) is 2.80. The van der Waals surface area contributed by atoms with E-state index in [9.17, 15) is 19.2 Å². The van der Waals surface area contributed by atoms with Gasteiger partial charge in [0.05, 0.1) is 23.2 Å². The second-order valence-corrected chi connectivity index (χ2v) is 6.71. The molecule has 2 N–H and O–H groups in total. The SMILES string of the molecule is CCOC(=O)Nc1cc(OC(=O)c2cccnc2)ccc1-c1cc(=O)c2cc[nH]c(=O)c2o1. The zero-order valence-corrected chi connectivity index (χ0v) is 17.3. The number of benzene rings is 1. The number of rotatable bonds is 5. The standard InChI is InChI=1S/C23H17N3O7/c1-2-31-23(30)26-17-10-14(32-22(29)13-4-3-8-24-12-13)5-6-15(17)19-11-18(27)16-7-9-25-21(28)20(16)33-19/h3-12H,2H2,1H3,(H,25,28)(H,26,30). The highest BCUT2D eigenvalue weighted by atomic mass is 16.5. The lowest BCUT2D eigenvalue weighted by molar-refractivity contribution is 0.0734. The largest absolute Gasteiger partial charge is 0.450 e. The number of anilines is 1. The van der Waals surface area contributed by atoms with E-state index in [1.54, 1.807) is 19.1 Å². The number of aromatic nitrogens is 2. The first-order chi connectivity index (χ1) is 16.0. The van der Waals surface area contributed by atoms with E-state index in [0.29, 0.717) is 0 Å². The van der Waals surface area contributed by atoms with Crippen molar-refractivity contribution in [3.63, 3.8) is 0 Å². The summed E-state index contributed by atoms with van der Waals surface area (Å²) in [6.07, 6.45) is 3.46. The lowest BCUT2D eigenvalue weighted by Crippen LogP contribution is -2.15. The van der Waals surface area contributed by atoms with Crippen molar-refractivity contribution in [3.05, 3.63) is 87.2 Å². The summed E-state index contributed by atoms with van der Waals surface area (Å²) in [5, 5.41) is 2.65. The van der Waals surface area contributed by atoms with Gasteiger partial charge >= 0.3 is 12.1 Å². The second-order valence-electron chi connectivity index (χ2n) is 6.71. The van der Waals surface area contributed by atoms with Crippen LogP contribution in [0.4, 0.5) is 10.5 Å². The molecule has 3 heterocycles. The summed E-state index contributed by atoms with van der Waals surface area (Å²) in [6.45, 7) is 1.76. The van der Waals surface area contributed by atoms with Gasteiger partial charge in [-0.2, -0.15) is 0 Å². The summed E-state index contributed by atoms with van der Waals surface area (Å²) in [5.41, 5.74) is -0.526. The molecule has 0 bridgehead atoms. The summed E-state index contributed by atoms with van der Waals surface area (Å²) in [6, 6.07) is 10.1. The van der Waals surface area contributed by atoms with Gasteiger partial charge in [0.2, 0.25) is 5.58 Å². The fraction of sp³-hybridized carbons (Fsp3) is 0.0870. The van der Waals surface area contributed by atoms with Crippen molar-refractivity contribution in [1.29, 1.82) is 0 Å². The fourth-order valence-electron chi connectivity index (χ4n) is 3.06. The van der Waals surface area contributed by atoms with Crippen LogP contribution in [0.25, 0.3) is 22.3 Å². The molecule has 0 saturated carbocycles. The molecule has 0 aliphatic rings. The summed E-state index contributed by atoms with van der Waals surface area (Å²) in [7, 11) is 0. The maximum absolute atomic E-state index is 12.5. The Bertz CT molecular complexity index is 1460. The van der Waals surface area contributed by atoms with E-state index in [-0.39, 0.29) is 45.9 Å². The Morgan fingerprint density at radius 3 is 2.76 bits per heavy atom. The number of carbonyl (C=O) groups excluding carboxylic acids is 2. The molecule has 0 radical (unpaired) electrons. The Labute approximate surface area is 185 Å². The van der Waals surface area contributed by atoms with Crippen LogP contribution >= 0.6 is 0 Å². The predicted molar refractivity (Wildman–Crippen MR) is 118 cm³/mol. The van der Waals surface area contributed by atoms with Crippen LogP contribution in [0.15, 0.2) is 75.1 Å². The molecular weight excluding hydrogens is 430 g/mol. The van der Waals surface area contributed by atoms with E-state index in [0.717, 1.165) is 0 Å². The molecule has 10 nitrogen and oxygen atoms in total. The third kappa shape index (κ3) is 4.64. The van der Waals surface area contributed by atoms with Crippen LogP contribution in [0, 0.1) is 0 Å². The van der Waals surface area contributed by atoms with Gasteiger partial charge in [-0.1, -0.05) is 0 Å². The number of H-pyrrole nitrogens is 1. The minimum absolute atomic E-state index is 0.0288. The smallest absolute Gasteiger partial charge is 0.411 e. The van der Waals surface area contributed by atoms with Crippen molar-refractivity contribution < 1.29 is 23.5 Å². The molecule has 33 heavy (non-hydrogen) atoms. The number of aromatic amines is 1. The van der Waals surface area contributed by atoms with Gasteiger partial charge in [0.1, 0.15) is 11.5 Å². The molecule has 0 spiro atoms. The van der Waals surface area contributed by atoms with Crippen LogP contribution in [-0.2, 0) is 4.74 Å². The zero-order chi connectivity index (χ0) is 23.4. The number of hydrogen-bond donors (Lipinski definition) is 2. The Hall–Kier alpha value is -4.73. The highest BCUT2D eigenvalue weighted by Crippen LogP contribution is 2.32. The first kappa shape index (κ1) is 21.5. The molecule has 1 aromatic carbocycles. The molecule has 1 amide bonds. The van der Waals surface area contributed by atoms with Crippen LogP contribution < -0.4 is 21.0 Å². The van der Waals surface area contributed by atoms with Gasteiger partial charge < -0.3 is 18.9 Å². The van der Waals surface area contributed by atoms with Crippen molar-refractivity contribution in [2.75, 3.05) is 11.9 Å². The molecule has 3 aromatic heterocycles. The highest BCUT2D eigenvalue weighted by Gasteiger charge is 2.17. The summed E-state index contributed by atoms with van der Waals surface area (Å²) in [4.78, 5) is 55.4. The van der Waals surface area contributed by atoms with E-state index >= 15 is 0 Å².